The van der Waals surface area contributed by atoms with Crippen molar-refractivity contribution < 1.29 is 43.6 Å². The number of nitrogen functional groups attached to an aromatic ring is 1. The second-order valence-corrected chi connectivity index (χ2v) is 7.37. The van der Waals surface area contributed by atoms with Crippen molar-refractivity contribution in [1.29, 1.82) is 0 Å². The van der Waals surface area contributed by atoms with Crippen LogP contribution in [0.1, 0.15) is 6.23 Å². The summed E-state index contributed by atoms with van der Waals surface area (Å²) < 4.78 is 27.1. The summed E-state index contributed by atoms with van der Waals surface area (Å²) in [5, 5.41) is 29.4. The van der Waals surface area contributed by atoms with Gasteiger partial charge in [-0.2, -0.15) is 0 Å². The Bertz CT molecular complexity index is 913. The van der Waals surface area contributed by atoms with Gasteiger partial charge < -0.3 is 35.4 Å². The van der Waals surface area contributed by atoms with Crippen LogP contribution in [0.15, 0.2) is 6.33 Å². The van der Waals surface area contributed by atoms with Gasteiger partial charge in [-0.25, -0.2) is 19.7 Å². The molecule has 1 fully saturated rings. The molecule has 1 aliphatic rings. The van der Waals surface area contributed by atoms with Crippen LogP contribution in [-0.4, -0.2) is 76.9 Å². The zero-order valence-electron chi connectivity index (χ0n) is 13.7. The van der Waals surface area contributed by atoms with Gasteiger partial charge in [-0.1, -0.05) is 0 Å². The largest absolute Gasteiger partial charge is 0.477 e. The molecule has 0 aromatic carbocycles. The standard InChI is InChI=1S/C12H15IN5O9P/c13-12-16-7(14)4-8(17-12)18(2-15-4)9-6(20)5(19)3(26-9)1-25-11(10(21)22)27-28(23)24/h2-3,5-6,9,11,19-20,28H,1H2,(H,21,22)(H,23,24)(H2,14,16,17)/t3-,5-,6-,9-,11+/m1/s1. The Morgan fingerprint density at radius 1 is 1.43 bits per heavy atom. The smallest absolute Gasteiger partial charge is 0.361 e. The van der Waals surface area contributed by atoms with Crippen molar-refractivity contribution in [2.24, 2.45) is 0 Å². The monoisotopic (exact) mass is 531 g/mol. The Balaban J connectivity index is 1.77. The summed E-state index contributed by atoms with van der Waals surface area (Å²) in [5.41, 5.74) is 6.33. The molecular formula is C12H15IN5O9P. The molecule has 1 aliphatic heterocycles. The second-order valence-electron chi connectivity index (χ2n) is 5.64. The fourth-order valence-corrected chi connectivity index (χ4v) is 3.46. The third-order valence-corrected chi connectivity index (χ3v) is 4.75. The second kappa shape index (κ2) is 8.50. The quantitative estimate of drug-likeness (QED) is 0.119. The fraction of sp³-hybridized carbons (Fsp3) is 0.500. The number of aliphatic hydroxyl groups is 2. The summed E-state index contributed by atoms with van der Waals surface area (Å²) in [6, 6.07) is 0. The van der Waals surface area contributed by atoms with Crippen molar-refractivity contribution in [2.45, 2.75) is 30.8 Å². The maximum absolute atomic E-state index is 11.0. The highest BCUT2D eigenvalue weighted by Gasteiger charge is 2.45. The Labute approximate surface area is 170 Å². The van der Waals surface area contributed by atoms with Crippen LogP contribution in [0.4, 0.5) is 5.82 Å². The van der Waals surface area contributed by atoms with Crippen LogP contribution in [0.5, 0.6) is 0 Å². The number of fused-ring (bicyclic) bond motifs is 1. The molecule has 0 aliphatic carbocycles. The number of nitrogens with two attached hydrogens (primary N) is 1. The number of nitrogens with zero attached hydrogens (tertiary/aromatic N) is 4. The molecule has 14 nitrogen and oxygen atoms in total. The van der Waals surface area contributed by atoms with Crippen molar-refractivity contribution in [1.82, 2.24) is 19.5 Å². The summed E-state index contributed by atoms with van der Waals surface area (Å²) in [6.45, 7) is -0.540. The minimum absolute atomic E-state index is 0.127. The van der Waals surface area contributed by atoms with E-state index in [1.807, 2.05) is 22.6 Å². The summed E-state index contributed by atoms with van der Waals surface area (Å²) in [5.74, 6) is -1.51. The summed E-state index contributed by atoms with van der Waals surface area (Å²) >= 11 is 1.85. The number of hydrogen-bond acceptors (Lipinski definition) is 11. The van der Waals surface area contributed by atoms with Gasteiger partial charge in [-0.15, -0.1) is 0 Å². The summed E-state index contributed by atoms with van der Waals surface area (Å²) in [7, 11) is -3.57. The molecule has 3 rings (SSSR count). The lowest BCUT2D eigenvalue weighted by Crippen LogP contribution is -2.36. The first-order chi connectivity index (χ1) is 13.2. The zero-order valence-corrected chi connectivity index (χ0v) is 16.9. The van der Waals surface area contributed by atoms with Gasteiger partial charge in [0.15, 0.2) is 21.5 Å². The van der Waals surface area contributed by atoms with Gasteiger partial charge in [-0.05, 0) is 0 Å². The van der Waals surface area contributed by atoms with Gasteiger partial charge in [0.25, 0.3) is 6.29 Å². The number of ether oxygens (including phenoxy) is 2. The van der Waals surface area contributed by atoms with Crippen LogP contribution in [0.2, 0.25) is 0 Å². The topological polar surface area (TPSA) is 212 Å². The molecule has 6 atom stereocenters. The van der Waals surface area contributed by atoms with Gasteiger partial charge >= 0.3 is 14.2 Å². The predicted molar refractivity (Wildman–Crippen MR) is 98.1 cm³/mol. The lowest BCUT2D eigenvalue weighted by atomic mass is 10.1. The molecule has 0 amide bonds. The molecule has 0 bridgehead atoms. The highest BCUT2D eigenvalue weighted by atomic mass is 127. The molecule has 1 unspecified atom stereocenters. The number of halogens is 1. The minimum Gasteiger partial charge on any atom is -0.477 e. The third kappa shape index (κ3) is 4.25. The van der Waals surface area contributed by atoms with E-state index in [0.29, 0.717) is 3.83 Å². The van der Waals surface area contributed by atoms with Gasteiger partial charge in [0.05, 0.1) is 12.9 Å². The van der Waals surface area contributed by atoms with Crippen LogP contribution in [-0.2, 0) is 23.4 Å². The Morgan fingerprint density at radius 3 is 2.79 bits per heavy atom. The summed E-state index contributed by atoms with van der Waals surface area (Å²) in [6.07, 6.45) is -5.91. The molecule has 154 valence electrons. The highest BCUT2D eigenvalue weighted by Crippen LogP contribution is 2.32. The number of carbonyl (C=O) groups is 1. The maximum Gasteiger partial charge on any atom is 0.361 e. The first-order valence-electron chi connectivity index (χ1n) is 7.60. The Kier molecular flexibility index (Phi) is 6.45. The van der Waals surface area contributed by atoms with E-state index in [2.05, 4.69) is 19.5 Å². The van der Waals surface area contributed by atoms with Crippen LogP contribution in [0.3, 0.4) is 0 Å². The van der Waals surface area contributed by atoms with Crippen LogP contribution < -0.4 is 5.73 Å². The van der Waals surface area contributed by atoms with E-state index >= 15 is 0 Å². The van der Waals surface area contributed by atoms with Crippen LogP contribution in [0.25, 0.3) is 11.2 Å². The van der Waals surface area contributed by atoms with Crippen LogP contribution in [0, 0.1) is 3.83 Å². The maximum atomic E-state index is 11.0. The average molecular weight is 531 g/mol. The number of aromatic nitrogens is 4. The normalized spacial score (nSPS) is 27.1. The number of aliphatic hydroxyl groups excluding tert-OH is 2. The highest BCUT2D eigenvalue weighted by molar-refractivity contribution is 14.1. The van der Waals surface area contributed by atoms with Crippen LogP contribution >= 0.6 is 30.8 Å². The molecular weight excluding hydrogens is 516 g/mol. The fourth-order valence-electron chi connectivity index (χ4n) is 2.62. The van der Waals surface area contributed by atoms with Crippen molar-refractivity contribution in [2.75, 3.05) is 12.3 Å². The molecule has 28 heavy (non-hydrogen) atoms. The van der Waals surface area contributed by atoms with Gasteiger partial charge in [0.2, 0.25) is 0 Å². The number of carboxylic acid groups (broad SMARTS) is 1. The molecule has 0 spiro atoms. The lowest BCUT2D eigenvalue weighted by Gasteiger charge is -2.18. The summed E-state index contributed by atoms with van der Waals surface area (Å²) in [4.78, 5) is 31.9. The van der Waals surface area contributed by atoms with E-state index in [4.69, 9.17) is 25.2 Å². The van der Waals surface area contributed by atoms with E-state index < -0.39 is 51.7 Å². The number of imidazole rings is 1. The molecule has 2 aromatic rings. The molecule has 6 N–H and O–H groups in total. The van der Waals surface area contributed by atoms with Crippen molar-refractivity contribution in [3.05, 3.63) is 10.2 Å². The molecule has 0 radical (unpaired) electrons. The molecule has 16 heteroatoms. The van der Waals surface area contributed by atoms with Gasteiger partial charge in [0, 0.05) is 22.6 Å². The average Bonchev–Trinajstić information content (AvgIpc) is 3.14. The zero-order chi connectivity index (χ0) is 20.6. The van der Waals surface area contributed by atoms with E-state index in [0.717, 1.165) is 0 Å². The molecule has 0 saturated carbocycles. The first-order valence-corrected chi connectivity index (χ1v) is 9.94. The Morgan fingerprint density at radius 2 is 2.14 bits per heavy atom. The van der Waals surface area contributed by atoms with E-state index in [1.54, 1.807) is 0 Å². The number of rotatable bonds is 7. The van der Waals surface area contributed by atoms with Gasteiger partial charge in [0.1, 0.15) is 23.8 Å². The molecule has 3 heterocycles. The molecule has 1 saturated heterocycles. The van der Waals surface area contributed by atoms with E-state index in [1.165, 1.54) is 10.9 Å². The number of carboxylic acids is 1. The minimum atomic E-state index is -3.57. The van der Waals surface area contributed by atoms with E-state index in [-0.39, 0.29) is 17.0 Å². The predicted octanol–water partition coefficient (Wildman–Crippen LogP) is -1.54. The van der Waals surface area contributed by atoms with Crippen molar-refractivity contribution in [3.63, 3.8) is 0 Å². The van der Waals surface area contributed by atoms with Crippen molar-refractivity contribution >= 4 is 53.8 Å². The lowest BCUT2D eigenvalue weighted by molar-refractivity contribution is -0.179. The number of aliphatic carboxylic acids is 1. The molecule has 2 aromatic heterocycles. The Hall–Kier alpha value is -1.46. The van der Waals surface area contributed by atoms with E-state index in [9.17, 15) is 19.6 Å². The van der Waals surface area contributed by atoms with Gasteiger partial charge in [-0.3, -0.25) is 13.7 Å². The number of anilines is 1. The first kappa shape index (κ1) is 21.3. The SMILES string of the molecule is Nc1nc(I)nc2c1ncn2[C@@H]1O[C@H](CO[C@@H](O[PH](=O)O)C(=O)O)[C@@H](O)[C@H]1O. The van der Waals surface area contributed by atoms with Crippen molar-refractivity contribution in [3.8, 4) is 0 Å². The number of hydrogen-bond donors (Lipinski definition) is 5. The third-order valence-electron chi connectivity index (χ3n) is 3.85.